The van der Waals surface area contributed by atoms with Gasteiger partial charge < -0.3 is 19.4 Å². The van der Waals surface area contributed by atoms with Crippen molar-refractivity contribution < 1.29 is 14.3 Å². The number of urea groups is 1. The zero-order valence-electron chi connectivity index (χ0n) is 19.8. The van der Waals surface area contributed by atoms with E-state index in [0.717, 1.165) is 35.7 Å². The number of benzene rings is 1. The van der Waals surface area contributed by atoms with Gasteiger partial charge in [-0.1, -0.05) is 11.6 Å². The molecular weight excluding hydrogens is 444 g/mol. The molecule has 33 heavy (non-hydrogen) atoms. The summed E-state index contributed by atoms with van der Waals surface area (Å²) in [5, 5.41) is 9.64. The fourth-order valence-electron chi connectivity index (χ4n) is 4.36. The Bertz CT molecular complexity index is 1050. The van der Waals surface area contributed by atoms with E-state index in [1.165, 1.54) is 0 Å². The lowest BCUT2D eigenvalue weighted by Gasteiger charge is -2.33. The van der Waals surface area contributed by atoms with Crippen LogP contribution in [0.25, 0.3) is 5.69 Å². The molecule has 0 bridgehead atoms. The number of aromatic nitrogens is 3. The number of hydrogen-bond acceptors (Lipinski definition) is 5. The second-order valence-corrected chi connectivity index (χ2v) is 10.3. The Morgan fingerprint density at radius 2 is 1.79 bits per heavy atom. The molecule has 0 unspecified atom stereocenters. The molecule has 1 aromatic heterocycles. The minimum atomic E-state index is -0.515. The van der Waals surface area contributed by atoms with Gasteiger partial charge in [-0.2, -0.15) is 0 Å². The molecule has 2 aromatic rings. The van der Waals surface area contributed by atoms with Crippen LogP contribution in [0.15, 0.2) is 18.2 Å². The van der Waals surface area contributed by atoms with Crippen LogP contribution in [-0.2, 0) is 17.8 Å². The number of carbonyl (C=O) groups excluding carboxylic acids is 2. The predicted octanol–water partition coefficient (Wildman–Crippen LogP) is 4.03. The van der Waals surface area contributed by atoms with Crippen LogP contribution in [0.1, 0.15) is 56.7 Å². The van der Waals surface area contributed by atoms with Gasteiger partial charge in [-0.3, -0.25) is 4.57 Å². The maximum Gasteiger partial charge on any atom is 0.410 e. The van der Waals surface area contributed by atoms with Crippen molar-refractivity contribution in [3.63, 3.8) is 0 Å². The highest BCUT2D eigenvalue weighted by atomic mass is 35.5. The SMILES string of the molecule is CN(C)C(=O)N1Cc2cc(Cl)ccc2-n2c(nnc2C2CCN(C(=O)OC(C)(C)C)CC2)C1. The van der Waals surface area contributed by atoms with E-state index in [2.05, 4.69) is 14.8 Å². The van der Waals surface area contributed by atoms with Crippen LogP contribution >= 0.6 is 11.6 Å². The lowest BCUT2D eigenvalue weighted by Crippen LogP contribution is -2.41. The molecule has 4 rings (SSSR count). The Labute approximate surface area is 199 Å². The number of halogens is 1. The highest BCUT2D eigenvalue weighted by Gasteiger charge is 2.33. The number of rotatable bonds is 1. The van der Waals surface area contributed by atoms with Gasteiger partial charge in [-0.15, -0.1) is 10.2 Å². The molecule has 3 amide bonds. The van der Waals surface area contributed by atoms with Crippen LogP contribution < -0.4 is 0 Å². The third kappa shape index (κ3) is 4.93. The molecule has 1 fully saturated rings. The molecule has 0 spiro atoms. The smallest absolute Gasteiger partial charge is 0.410 e. The fourth-order valence-corrected chi connectivity index (χ4v) is 4.55. The topological polar surface area (TPSA) is 83.8 Å². The zero-order valence-corrected chi connectivity index (χ0v) is 20.6. The first kappa shape index (κ1) is 23.4. The number of amides is 3. The maximum absolute atomic E-state index is 12.8. The van der Waals surface area contributed by atoms with Crippen LogP contribution in [0.3, 0.4) is 0 Å². The van der Waals surface area contributed by atoms with E-state index in [1.807, 2.05) is 39.0 Å². The van der Waals surface area contributed by atoms with Crippen molar-refractivity contribution in [1.82, 2.24) is 29.5 Å². The Kier molecular flexibility index (Phi) is 6.26. The summed E-state index contributed by atoms with van der Waals surface area (Å²) in [4.78, 5) is 30.3. The maximum atomic E-state index is 12.8. The normalized spacial score (nSPS) is 16.7. The number of fused-ring (bicyclic) bond motifs is 3. The lowest BCUT2D eigenvalue weighted by atomic mass is 9.96. The molecule has 1 saturated heterocycles. The number of ether oxygens (including phenoxy) is 1. The quantitative estimate of drug-likeness (QED) is 0.623. The largest absolute Gasteiger partial charge is 0.444 e. The lowest BCUT2D eigenvalue weighted by molar-refractivity contribution is 0.0202. The zero-order chi connectivity index (χ0) is 23.9. The van der Waals surface area contributed by atoms with E-state index in [9.17, 15) is 9.59 Å². The standard InChI is InChI=1S/C23H31ClN6O3/c1-23(2,3)33-22(32)28-10-8-15(9-11-28)20-26-25-19-14-29(21(31)27(4)5)13-16-12-17(24)6-7-18(16)30(19)20/h6-7,12,15H,8-11,13-14H2,1-5H3. The Morgan fingerprint density at radius 3 is 2.42 bits per heavy atom. The van der Waals surface area contributed by atoms with Gasteiger partial charge in [0.15, 0.2) is 5.82 Å². The highest BCUT2D eigenvalue weighted by molar-refractivity contribution is 6.30. The van der Waals surface area contributed by atoms with Crippen molar-refractivity contribution >= 4 is 23.7 Å². The first-order valence-electron chi connectivity index (χ1n) is 11.2. The average molecular weight is 475 g/mol. The van der Waals surface area contributed by atoms with Gasteiger partial charge in [0.1, 0.15) is 11.4 Å². The van der Waals surface area contributed by atoms with Crippen LogP contribution in [0.2, 0.25) is 5.02 Å². The number of hydrogen-bond donors (Lipinski definition) is 0. The van der Waals surface area contributed by atoms with E-state index in [4.69, 9.17) is 16.3 Å². The summed E-state index contributed by atoms with van der Waals surface area (Å²) in [5.74, 6) is 1.72. The van der Waals surface area contributed by atoms with Crippen molar-refractivity contribution in [2.45, 2.75) is 58.2 Å². The molecule has 0 aliphatic carbocycles. The molecule has 1 aromatic carbocycles. The molecule has 9 nitrogen and oxygen atoms in total. The first-order chi connectivity index (χ1) is 15.5. The summed E-state index contributed by atoms with van der Waals surface area (Å²) in [7, 11) is 3.47. The van der Waals surface area contributed by atoms with Gasteiger partial charge in [-0.25, -0.2) is 9.59 Å². The fraction of sp³-hybridized carbons (Fsp3) is 0.565. The molecule has 10 heteroatoms. The van der Waals surface area contributed by atoms with Gasteiger partial charge >= 0.3 is 12.1 Å². The predicted molar refractivity (Wildman–Crippen MR) is 124 cm³/mol. The summed E-state index contributed by atoms with van der Waals surface area (Å²) in [6.07, 6.45) is 1.25. The van der Waals surface area contributed by atoms with Crippen LogP contribution in [0, 0.1) is 0 Å². The van der Waals surface area contributed by atoms with E-state index in [1.54, 1.807) is 28.8 Å². The third-order valence-electron chi connectivity index (χ3n) is 5.90. The van der Waals surface area contributed by atoms with Crippen LogP contribution in [0.5, 0.6) is 0 Å². The van der Waals surface area contributed by atoms with E-state index >= 15 is 0 Å². The average Bonchev–Trinajstić information content (AvgIpc) is 3.07. The van der Waals surface area contributed by atoms with Gasteiger partial charge in [0.25, 0.3) is 0 Å². The molecule has 3 heterocycles. The third-order valence-corrected chi connectivity index (χ3v) is 6.13. The number of piperidine rings is 1. The van der Waals surface area contributed by atoms with Gasteiger partial charge in [0, 0.05) is 38.1 Å². The summed E-state index contributed by atoms with van der Waals surface area (Å²) in [6, 6.07) is 5.62. The van der Waals surface area contributed by atoms with E-state index in [0.29, 0.717) is 31.2 Å². The van der Waals surface area contributed by atoms with Crippen molar-refractivity contribution in [3.05, 3.63) is 40.4 Å². The summed E-state index contributed by atoms with van der Waals surface area (Å²) < 4.78 is 7.59. The van der Waals surface area contributed by atoms with Crippen molar-refractivity contribution in [3.8, 4) is 5.69 Å². The minimum Gasteiger partial charge on any atom is -0.444 e. The van der Waals surface area contributed by atoms with Gasteiger partial charge in [0.2, 0.25) is 0 Å². The summed E-state index contributed by atoms with van der Waals surface area (Å²) >= 11 is 6.30. The van der Waals surface area contributed by atoms with Crippen molar-refractivity contribution in [2.24, 2.45) is 0 Å². The van der Waals surface area contributed by atoms with Gasteiger partial charge in [-0.05, 0) is 57.4 Å². The molecule has 0 radical (unpaired) electrons. The van der Waals surface area contributed by atoms with Crippen molar-refractivity contribution in [2.75, 3.05) is 27.2 Å². The number of carbonyl (C=O) groups is 2. The minimum absolute atomic E-state index is 0.0930. The van der Waals surface area contributed by atoms with Crippen molar-refractivity contribution in [1.29, 1.82) is 0 Å². The van der Waals surface area contributed by atoms with Crippen LogP contribution in [-0.4, -0.2) is 74.4 Å². The Balaban J connectivity index is 1.61. The molecule has 0 N–H and O–H groups in total. The Morgan fingerprint density at radius 1 is 1.09 bits per heavy atom. The molecule has 2 aliphatic heterocycles. The molecule has 2 aliphatic rings. The molecule has 0 saturated carbocycles. The van der Waals surface area contributed by atoms with E-state index < -0.39 is 5.60 Å². The van der Waals surface area contributed by atoms with E-state index in [-0.39, 0.29) is 18.0 Å². The van der Waals surface area contributed by atoms with Gasteiger partial charge in [0.05, 0.1) is 18.8 Å². The highest BCUT2D eigenvalue weighted by Crippen LogP contribution is 2.34. The Hall–Kier alpha value is -2.81. The molecule has 178 valence electrons. The first-order valence-corrected chi connectivity index (χ1v) is 11.6. The second-order valence-electron chi connectivity index (χ2n) is 9.86. The number of likely N-dealkylation sites (tertiary alicyclic amines) is 1. The second kappa shape index (κ2) is 8.85. The van der Waals surface area contributed by atoms with Crippen LogP contribution in [0.4, 0.5) is 9.59 Å². The summed E-state index contributed by atoms with van der Waals surface area (Å²) in [5.41, 5.74) is 1.38. The molecule has 0 atom stereocenters. The number of nitrogens with zero attached hydrogens (tertiary/aromatic N) is 6. The molecular formula is C23H31ClN6O3. The monoisotopic (exact) mass is 474 g/mol. The summed E-state index contributed by atoms with van der Waals surface area (Å²) in [6.45, 7) is 7.60.